The van der Waals surface area contributed by atoms with E-state index in [0.29, 0.717) is 65.4 Å². The molecule has 1 aliphatic rings. The van der Waals surface area contributed by atoms with Gasteiger partial charge in [0.1, 0.15) is 69.2 Å². The quantitative estimate of drug-likeness (QED) is 0.0394. The lowest BCUT2D eigenvalue weighted by Gasteiger charge is -2.24. The van der Waals surface area contributed by atoms with Crippen molar-refractivity contribution < 1.29 is 52.6 Å². The maximum Gasteiger partial charge on any atom is 0.333 e. The molecule has 334 valence electrons. The summed E-state index contributed by atoms with van der Waals surface area (Å²) >= 11 is 0. The summed E-state index contributed by atoms with van der Waals surface area (Å²) in [4.78, 5) is 36.9. The Kier molecular flexibility index (Phi) is 16.8. The number of benzene rings is 4. The molecule has 11 heteroatoms. The van der Waals surface area contributed by atoms with Gasteiger partial charge in [-0.05, 0) is 93.0 Å². The van der Waals surface area contributed by atoms with Crippen molar-refractivity contribution in [1.82, 2.24) is 0 Å². The van der Waals surface area contributed by atoms with Gasteiger partial charge in [0, 0.05) is 42.4 Å². The maximum atomic E-state index is 12.3. The van der Waals surface area contributed by atoms with E-state index in [1.807, 2.05) is 27.7 Å². The van der Waals surface area contributed by atoms with E-state index in [9.17, 15) is 19.5 Å². The summed E-state index contributed by atoms with van der Waals surface area (Å²) in [5.74, 6) is 1.08. The van der Waals surface area contributed by atoms with Crippen molar-refractivity contribution in [3.05, 3.63) is 152 Å². The number of aliphatic hydroxyl groups excluding tert-OH is 1. The number of carbonyl (C=O) groups excluding carboxylic acids is 3. The fraction of sp³-hybridized carbons (Fsp3) is 0.365. The molecule has 0 aromatic heterocycles. The SMILES string of the molecule is C=C(C)C(=O)OCCOc1c2cc(C)cc1Cc1cc(C)cc(c1OCCOC(=O)C(=C)C)Cc1cc(C)cc(c1OCCOC(=O)C(=C)C)Cc1cc(C)cc(c1OCCO)C2. The second kappa shape index (κ2) is 22.2. The summed E-state index contributed by atoms with van der Waals surface area (Å²) < 4.78 is 42.5. The number of hydrogen-bond donors (Lipinski definition) is 1. The van der Waals surface area contributed by atoms with Gasteiger partial charge >= 0.3 is 17.9 Å². The fourth-order valence-corrected chi connectivity index (χ4v) is 7.68. The molecule has 0 spiro atoms. The number of fused-ring (bicyclic) bond motifs is 8. The molecule has 0 radical (unpaired) electrons. The van der Waals surface area contributed by atoms with E-state index in [4.69, 9.17) is 33.2 Å². The fourth-order valence-electron chi connectivity index (χ4n) is 7.68. The molecule has 0 saturated heterocycles. The molecular weight excluding hydrogens is 801 g/mol. The number of aliphatic hydroxyl groups is 1. The molecule has 8 bridgehead atoms. The Bertz CT molecular complexity index is 2250. The summed E-state index contributed by atoms with van der Waals surface area (Å²) in [6.45, 7) is 24.2. The number of rotatable bonds is 18. The molecule has 0 fully saturated rings. The summed E-state index contributed by atoms with van der Waals surface area (Å²) in [5, 5.41) is 10.00. The minimum absolute atomic E-state index is 0.00794. The van der Waals surface area contributed by atoms with Gasteiger partial charge in [-0.2, -0.15) is 0 Å². The lowest BCUT2D eigenvalue weighted by molar-refractivity contribution is -0.140. The Morgan fingerprint density at radius 1 is 0.413 bits per heavy atom. The third-order valence-electron chi connectivity index (χ3n) is 10.1. The molecule has 63 heavy (non-hydrogen) atoms. The smallest absolute Gasteiger partial charge is 0.333 e. The molecular formula is C52H60O11. The number of carbonyl (C=O) groups is 3. The first kappa shape index (κ1) is 47.7. The Labute approximate surface area is 371 Å². The third-order valence-corrected chi connectivity index (χ3v) is 10.1. The van der Waals surface area contributed by atoms with Crippen LogP contribution in [0, 0.1) is 27.7 Å². The zero-order chi connectivity index (χ0) is 45.8. The number of hydrogen-bond acceptors (Lipinski definition) is 11. The maximum absolute atomic E-state index is 12.3. The van der Waals surface area contributed by atoms with Crippen LogP contribution in [0.4, 0.5) is 0 Å². The van der Waals surface area contributed by atoms with Crippen LogP contribution in [0.5, 0.6) is 23.0 Å². The van der Waals surface area contributed by atoms with E-state index in [0.717, 1.165) is 66.8 Å². The summed E-state index contributed by atoms with van der Waals surface area (Å²) in [6.07, 6.45) is 1.62. The van der Waals surface area contributed by atoms with Crippen molar-refractivity contribution in [2.45, 2.75) is 74.1 Å². The number of esters is 3. The Morgan fingerprint density at radius 3 is 0.810 bits per heavy atom. The van der Waals surface area contributed by atoms with Gasteiger partial charge in [-0.3, -0.25) is 0 Å². The first-order valence-corrected chi connectivity index (χ1v) is 21.1. The molecule has 0 aliphatic heterocycles. The summed E-state index contributed by atoms with van der Waals surface area (Å²) in [6, 6.07) is 16.7. The Morgan fingerprint density at radius 2 is 0.619 bits per heavy atom. The molecule has 4 aromatic rings. The van der Waals surface area contributed by atoms with Crippen molar-refractivity contribution in [2.75, 3.05) is 52.9 Å². The molecule has 0 unspecified atom stereocenters. The monoisotopic (exact) mass is 860 g/mol. The van der Waals surface area contributed by atoms with E-state index >= 15 is 0 Å². The van der Waals surface area contributed by atoms with Crippen LogP contribution in [0.15, 0.2) is 85.0 Å². The molecule has 4 aromatic carbocycles. The van der Waals surface area contributed by atoms with Crippen LogP contribution in [0.2, 0.25) is 0 Å². The zero-order valence-corrected chi connectivity index (χ0v) is 37.8. The molecule has 11 nitrogen and oxygen atoms in total. The van der Waals surface area contributed by atoms with Gasteiger partial charge in [0.25, 0.3) is 0 Å². The predicted molar refractivity (Wildman–Crippen MR) is 242 cm³/mol. The summed E-state index contributed by atoms with van der Waals surface area (Å²) in [5.41, 5.74) is 12.0. The van der Waals surface area contributed by atoms with E-state index in [1.54, 1.807) is 20.8 Å². The van der Waals surface area contributed by atoms with Crippen LogP contribution < -0.4 is 18.9 Å². The first-order valence-electron chi connectivity index (χ1n) is 21.1. The predicted octanol–water partition coefficient (Wildman–Crippen LogP) is 8.46. The standard InChI is InChI=1S/C52H60O11/c1-31(2)50(54)61-16-13-58-47-40-21-35(8)23-42(47)29-44-25-37(10)26-45(49(44)60-15-18-63-52(56)33(5)6)30-43-24-36(9)22-41(48(43)59-14-17-62-51(55)32(3)4)28-39-20-34(7)19-38(27-40)46(39)57-12-11-53/h19-26,53H,1,3,5,11-18,27-30H2,2,4,6-10H3. The largest absolute Gasteiger partial charge is 0.491 e. The van der Waals surface area contributed by atoms with Crippen LogP contribution >= 0.6 is 0 Å². The summed E-state index contributed by atoms with van der Waals surface area (Å²) in [7, 11) is 0. The highest BCUT2D eigenvalue weighted by Crippen LogP contribution is 2.40. The van der Waals surface area contributed by atoms with Gasteiger partial charge in [0.2, 0.25) is 0 Å². The van der Waals surface area contributed by atoms with E-state index in [2.05, 4.69) is 68.3 Å². The minimum atomic E-state index is -0.500. The lowest BCUT2D eigenvalue weighted by Crippen LogP contribution is -2.16. The van der Waals surface area contributed by atoms with Crippen LogP contribution in [-0.2, 0) is 54.3 Å². The van der Waals surface area contributed by atoms with Crippen molar-refractivity contribution in [3.63, 3.8) is 0 Å². The van der Waals surface area contributed by atoms with Crippen molar-refractivity contribution >= 4 is 17.9 Å². The molecule has 0 heterocycles. The minimum Gasteiger partial charge on any atom is -0.491 e. The highest BCUT2D eigenvalue weighted by atomic mass is 16.6. The highest BCUT2D eigenvalue weighted by molar-refractivity contribution is 5.87. The zero-order valence-electron chi connectivity index (χ0n) is 37.8. The third kappa shape index (κ3) is 13.1. The second-order valence-electron chi connectivity index (χ2n) is 16.2. The van der Waals surface area contributed by atoms with Gasteiger partial charge in [-0.1, -0.05) is 90.5 Å². The number of ether oxygens (including phenoxy) is 7. The van der Waals surface area contributed by atoms with Gasteiger partial charge in [0.05, 0.1) is 6.61 Å². The Hall–Kier alpha value is -6.33. The van der Waals surface area contributed by atoms with Crippen molar-refractivity contribution in [3.8, 4) is 23.0 Å². The molecule has 1 N–H and O–H groups in total. The van der Waals surface area contributed by atoms with Gasteiger partial charge in [-0.15, -0.1) is 0 Å². The highest BCUT2D eigenvalue weighted by Gasteiger charge is 2.24. The van der Waals surface area contributed by atoms with Crippen LogP contribution in [0.3, 0.4) is 0 Å². The average molecular weight is 861 g/mol. The Balaban J connectivity index is 1.74. The van der Waals surface area contributed by atoms with Crippen LogP contribution in [0.1, 0.15) is 87.5 Å². The van der Waals surface area contributed by atoms with Gasteiger partial charge < -0.3 is 38.3 Å². The topological polar surface area (TPSA) is 136 Å². The van der Waals surface area contributed by atoms with E-state index in [-0.39, 0.29) is 52.9 Å². The average Bonchev–Trinajstić information content (AvgIpc) is 3.20. The van der Waals surface area contributed by atoms with Crippen molar-refractivity contribution in [2.24, 2.45) is 0 Å². The normalized spacial score (nSPS) is 11.8. The first-order chi connectivity index (χ1) is 30.0. The van der Waals surface area contributed by atoms with E-state index < -0.39 is 17.9 Å². The molecule has 1 aliphatic carbocycles. The van der Waals surface area contributed by atoms with Gasteiger partial charge in [-0.25, -0.2) is 14.4 Å². The molecule has 0 atom stereocenters. The molecule has 5 rings (SSSR count). The van der Waals surface area contributed by atoms with Crippen LogP contribution in [-0.4, -0.2) is 75.9 Å². The van der Waals surface area contributed by atoms with Crippen LogP contribution in [0.25, 0.3) is 0 Å². The lowest BCUT2D eigenvalue weighted by atomic mass is 9.88. The molecule has 0 amide bonds. The van der Waals surface area contributed by atoms with E-state index in [1.165, 1.54) is 0 Å². The van der Waals surface area contributed by atoms with Crippen molar-refractivity contribution in [1.29, 1.82) is 0 Å². The second-order valence-corrected chi connectivity index (χ2v) is 16.2. The molecule has 0 saturated carbocycles. The van der Waals surface area contributed by atoms with Gasteiger partial charge in [0.15, 0.2) is 0 Å². The number of aryl methyl sites for hydroxylation is 4.